The number of rotatable bonds is 5. The number of hydrogen-bond donors (Lipinski definition) is 0. The molecule has 1 amide bonds. The van der Waals surface area contributed by atoms with Crippen LogP contribution in [0.15, 0.2) is 12.2 Å². The lowest BCUT2D eigenvalue weighted by Gasteiger charge is -2.38. The number of hydrogen-bond acceptors (Lipinski definition) is 5. The van der Waals surface area contributed by atoms with Crippen molar-refractivity contribution < 1.29 is 23.5 Å². The molecule has 0 aliphatic carbocycles. The largest absolute Gasteiger partial charge is 0.463 e. The van der Waals surface area contributed by atoms with Crippen molar-refractivity contribution in [1.82, 2.24) is 4.90 Å². The molecule has 0 N–H and O–H groups in total. The summed E-state index contributed by atoms with van der Waals surface area (Å²) in [6.07, 6.45) is 3.27. The molecule has 1 aliphatic rings. The minimum atomic E-state index is -1.54. The number of likely N-dealkylation sites (tertiary alicyclic amines) is 1. The van der Waals surface area contributed by atoms with Gasteiger partial charge < -0.3 is 13.9 Å². The molecule has 156 valence electrons. The minimum absolute atomic E-state index is 0.0122. The Morgan fingerprint density at radius 3 is 2.22 bits per heavy atom. The molecule has 7 heteroatoms. The van der Waals surface area contributed by atoms with Gasteiger partial charge in [0.15, 0.2) is 14.8 Å². The average molecular weight is 400 g/mol. The van der Waals surface area contributed by atoms with Crippen LogP contribution in [0.25, 0.3) is 0 Å². The molecule has 2 atom stereocenters. The number of esters is 1. The summed E-state index contributed by atoms with van der Waals surface area (Å²) < 4.78 is 17.0. The van der Waals surface area contributed by atoms with Crippen LogP contribution in [-0.2, 0) is 18.7 Å². The zero-order chi connectivity index (χ0) is 21.0. The van der Waals surface area contributed by atoms with Crippen LogP contribution >= 0.6 is 0 Å². The third kappa shape index (κ3) is 6.96. The van der Waals surface area contributed by atoms with Crippen LogP contribution in [-0.4, -0.2) is 50.5 Å². The molecule has 0 bridgehead atoms. The highest BCUT2D eigenvalue weighted by atomic mass is 28.3. The van der Waals surface area contributed by atoms with E-state index in [1.807, 2.05) is 20.8 Å². The van der Waals surface area contributed by atoms with Gasteiger partial charge in [0.25, 0.3) is 0 Å². The maximum Gasteiger partial charge on any atom is 0.412 e. The molecule has 1 rings (SSSR count). The summed E-state index contributed by atoms with van der Waals surface area (Å²) in [5.74, 6) is -0.223. The lowest BCUT2D eigenvalue weighted by atomic mass is 9.79. The van der Waals surface area contributed by atoms with E-state index in [0.29, 0.717) is 19.6 Å². The maximum atomic E-state index is 13.0. The monoisotopic (exact) mass is 399 g/mol. The quantitative estimate of drug-likeness (QED) is 0.395. The first kappa shape index (κ1) is 23.7. The van der Waals surface area contributed by atoms with E-state index in [4.69, 9.17) is 13.9 Å². The number of amides is 1. The van der Waals surface area contributed by atoms with Crippen molar-refractivity contribution in [3.63, 3.8) is 0 Å². The van der Waals surface area contributed by atoms with Gasteiger partial charge in [-0.1, -0.05) is 20.8 Å². The van der Waals surface area contributed by atoms with E-state index in [9.17, 15) is 9.59 Å². The van der Waals surface area contributed by atoms with Crippen molar-refractivity contribution >= 4 is 21.1 Å². The minimum Gasteiger partial charge on any atom is -0.463 e. The maximum absolute atomic E-state index is 13.0. The van der Waals surface area contributed by atoms with Gasteiger partial charge in [-0.25, -0.2) is 9.59 Å². The first-order valence-electron chi connectivity index (χ1n) is 9.74. The predicted molar refractivity (Wildman–Crippen MR) is 109 cm³/mol. The lowest BCUT2D eigenvalue weighted by Crippen LogP contribution is -2.51. The Morgan fingerprint density at radius 2 is 1.78 bits per heavy atom. The average Bonchev–Trinajstić information content (AvgIpc) is 2.83. The van der Waals surface area contributed by atoms with Gasteiger partial charge in [-0.3, -0.25) is 4.90 Å². The van der Waals surface area contributed by atoms with E-state index in [1.165, 1.54) is 6.08 Å². The highest BCUT2D eigenvalue weighted by Crippen LogP contribution is 2.44. The van der Waals surface area contributed by atoms with E-state index in [1.54, 1.807) is 17.9 Å². The summed E-state index contributed by atoms with van der Waals surface area (Å²) in [6, 6.07) is 0. The zero-order valence-electron chi connectivity index (χ0n) is 18.4. The van der Waals surface area contributed by atoms with Crippen LogP contribution in [0, 0.1) is 11.3 Å². The smallest absolute Gasteiger partial charge is 0.412 e. The molecule has 0 aromatic rings. The molecular formula is C20H37NO5Si. The summed E-state index contributed by atoms with van der Waals surface area (Å²) in [7, 11) is -1.54. The normalized spacial score (nSPS) is 23.9. The van der Waals surface area contributed by atoms with Crippen molar-refractivity contribution in [2.45, 2.75) is 79.3 Å². The number of ether oxygens (including phenoxy) is 2. The van der Waals surface area contributed by atoms with Crippen molar-refractivity contribution in [2.75, 3.05) is 13.2 Å². The molecule has 1 saturated heterocycles. The number of carbonyl (C=O) groups excluding carboxylic acids is 2. The predicted octanol–water partition coefficient (Wildman–Crippen LogP) is 4.11. The van der Waals surface area contributed by atoms with E-state index >= 15 is 0 Å². The fourth-order valence-electron chi connectivity index (χ4n) is 3.13. The second-order valence-electron chi connectivity index (χ2n) is 9.45. The van der Waals surface area contributed by atoms with E-state index in [2.05, 4.69) is 33.9 Å². The van der Waals surface area contributed by atoms with Crippen LogP contribution in [0.5, 0.6) is 0 Å². The second-order valence-corrected chi connectivity index (χ2v) is 11.8. The zero-order valence-corrected chi connectivity index (χ0v) is 19.6. The van der Waals surface area contributed by atoms with Crippen molar-refractivity contribution in [2.24, 2.45) is 11.3 Å². The molecule has 1 heterocycles. The molecule has 1 fully saturated rings. The highest BCUT2D eigenvalue weighted by Gasteiger charge is 2.52. The molecule has 0 unspecified atom stereocenters. The molecule has 0 saturated carbocycles. The summed E-state index contributed by atoms with van der Waals surface area (Å²) >= 11 is 0. The van der Waals surface area contributed by atoms with Gasteiger partial charge in [-0.15, -0.1) is 0 Å². The summed E-state index contributed by atoms with van der Waals surface area (Å²) in [6.45, 7) is 18.7. The Hall–Kier alpha value is -1.34. The fourth-order valence-corrected chi connectivity index (χ4v) is 4.25. The Bertz CT molecular complexity index is 562. The lowest BCUT2D eigenvalue weighted by molar-refractivity contribution is -0.137. The van der Waals surface area contributed by atoms with Gasteiger partial charge in [0, 0.05) is 19.0 Å². The van der Waals surface area contributed by atoms with Crippen molar-refractivity contribution in [3.05, 3.63) is 12.2 Å². The molecule has 6 nitrogen and oxygen atoms in total. The molecule has 0 aromatic heterocycles. The summed E-state index contributed by atoms with van der Waals surface area (Å²) in [4.78, 5) is 26.6. The molecule has 0 radical (unpaired) electrons. The molecule has 0 spiro atoms. The summed E-state index contributed by atoms with van der Waals surface area (Å²) in [5.41, 5.74) is -1.60. The van der Waals surface area contributed by atoms with E-state index < -0.39 is 32.4 Å². The van der Waals surface area contributed by atoms with Gasteiger partial charge in [-0.05, 0) is 58.2 Å². The fraction of sp³-hybridized carbons (Fsp3) is 0.800. The van der Waals surface area contributed by atoms with Gasteiger partial charge in [0.2, 0.25) is 0 Å². The van der Waals surface area contributed by atoms with Crippen molar-refractivity contribution in [3.8, 4) is 0 Å². The first-order chi connectivity index (χ1) is 12.2. The second kappa shape index (κ2) is 8.77. The Kier molecular flexibility index (Phi) is 7.70. The van der Waals surface area contributed by atoms with Crippen molar-refractivity contribution in [1.29, 1.82) is 0 Å². The Balaban J connectivity index is 3.32. The van der Waals surface area contributed by atoms with Gasteiger partial charge in [0.05, 0.1) is 6.61 Å². The highest BCUT2D eigenvalue weighted by molar-refractivity contribution is 6.48. The molecule has 1 aliphatic heterocycles. The van der Waals surface area contributed by atoms with Gasteiger partial charge >= 0.3 is 12.1 Å². The topological polar surface area (TPSA) is 65.1 Å². The number of nitrogens with zero attached hydrogens (tertiary/aromatic N) is 1. The Morgan fingerprint density at radius 1 is 1.19 bits per heavy atom. The van der Waals surface area contributed by atoms with E-state index in [0.717, 1.165) is 0 Å². The van der Waals surface area contributed by atoms with Crippen LogP contribution < -0.4 is 0 Å². The molecular weight excluding hydrogens is 362 g/mol. The third-order valence-electron chi connectivity index (χ3n) is 4.44. The third-order valence-corrected chi connectivity index (χ3v) is 5.32. The van der Waals surface area contributed by atoms with Crippen LogP contribution in [0.3, 0.4) is 0 Å². The Labute approximate surface area is 166 Å². The first-order valence-corrected chi connectivity index (χ1v) is 12.5. The number of carbonyl (C=O) groups is 2. The van der Waals surface area contributed by atoms with Gasteiger partial charge in [0.1, 0.15) is 5.60 Å². The molecule has 0 aromatic carbocycles. The van der Waals surface area contributed by atoms with Crippen LogP contribution in [0.2, 0.25) is 13.1 Å². The van der Waals surface area contributed by atoms with E-state index in [-0.39, 0.29) is 11.3 Å². The van der Waals surface area contributed by atoms with Crippen LogP contribution in [0.1, 0.15) is 54.9 Å². The van der Waals surface area contributed by atoms with Crippen LogP contribution in [0.4, 0.5) is 4.79 Å². The molecule has 27 heavy (non-hydrogen) atoms. The van der Waals surface area contributed by atoms with Gasteiger partial charge in [-0.2, -0.15) is 0 Å². The summed E-state index contributed by atoms with van der Waals surface area (Å²) in [5, 5.41) is 0. The standard InChI is InChI=1S/C20H37NO5Si/c1-10-24-16(22)11-12-20(26-27(8)9)13-15(18(2,3)4)14-21(20)17(23)25-19(5,6)7/h11-12,15,27H,10,13-14H2,1-9H3/t15-,20+/m0/s1. The SMILES string of the molecule is CCOC(=O)C=C[C@@]1(O[SiH](C)C)C[C@H](C(C)(C)C)CN1C(=O)OC(C)(C)C.